The number of carbonyl (C=O) groups is 3. The first-order valence-electron chi connectivity index (χ1n) is 8.32. The Morgan fingerprint density at radius 2 is 1.38 bits per heavy atom. The van der Waals surface area contributed by atoms with Gasteiger partial charge in [-0.2, -0.15) is 0 Å². The Balaban J connectivity index is 1.64. The normalized spacial score (nSPS) is 20.8. The highest BCUT2D eigenvalue weighted by Crippen LogP contribution is 2.32. The molecule has 1 fully saturated rings. The Kier molecular flexibility index (Phi) is 4.99. The van der Waals surface area contributed by atoms with Gasteiger partial charge in [-0.1, -0.05) is 60.7 Å². The molecule has 0 bridgehead atoms. The third kappa shape index (κ3) is 3.67. The quantitative estimate of drug-likeness (QED) is 0.792. The van der Waals surface area contributed by atoms with E-state index >= 15 is 0 Å². The number of rotatable bonds is 5. The van der Waals surface area contributed by atoms with Gasteiger partial charge in [0.25, 0.3) is 0 Å². The standard InChI is InChI=1S/C21H20O3/c22-18(12-11-15-7-3-1-4-8-15)21-19(23)13-17(14-20(21)24)16-9-5-2-6-10-16/h1-10,17,21H,11-14H2. The van der Waals surface area contributed by atoms with Gasteiger partial charge >= 0.3 is 0 Å². The van der Waals surface area contributed by atoms with E-state index < -0.39 is 5.92 Å². The summed E-state index contributed by atoms with van der Waals surface area (Å²) in [5.74, 6) is -1.82. The van der Waals surface area contributed by atoms with Crippen molar-refractivity contribution in [2.75, 3.05) is 0 Å². The van der Waals surface area contributed by atoms with E-state index in [1.807, 2.05) is 60.7 Å². The van der Waals surface area contributed by atoms with Crippen LogP contribution in [0.4, 0.5) is 0 Å². The molecule has 3 nitrogen and oxygen atoms in total. The van der Waals surface area contributed by atoms with E-state index in [2.05, 4.69) is 0 Å². The molecule has 0 spiro atoms. The zero-order valence-electron chi connectivity index (χ0n) is 13.5. The largest absolute Gasteiger partial charge is 0.298 e. The first-order valence-corrected chi connectivity index (χ1v) is 8.32. The molecule has 24 heavy (non-hydrogen) atoms. The first-order chi connectivity index (χ1) is 11.6. The Labute approximate surface area is 141 Å². The van der Waals surface area contributed by atoms with Crippen molar-refractivity contribution in [1.29, 1.82) is 0 Å². The lowest BCUT2D eigenvalue weighted by atomic mass is 9.74. The van der Waals surface area contributed by atoms with Gasteiger partial charge in [-0.05, 0) is 23.5 Å². The first kappa shape index (κ1) is 16.3. The van der Waals surface area contributed by atoms with E-state index in [0.717, 1.165) is 11.1 Å². The van der Waals surface area contributed by atoms with Crippen LogP contribution in [0.15, 0.2) is 60.7 Å². The van der Waals surface area contributed by atoms with Gasteiger partial charge in [-0.3, -0.25) is 14.4 Å². The number of Topliss-reactive ketones (excluding diaryl/α,β-unsaturated/α-hetero) is 3. The predicted molar refractivity (Wildman–Crippen MR) is 91.7 cm³/mol. The molecule has 3 rings (SSSR count). The van der Waals surface area contributed by atoms with Crippen LogP contribution >= 0.6 is 0 Å². The minimum Gasteiger partial charge on any atom is -0.298 e. The smallest absolute Gasteiger partial charge is 0.151 e. The van der Waals surface area contributed by atoms with Crippen molar-refractivity contribution >= 4 is 17.3 Å². The molecule has 0 radical (unpaired) electrons. The Bertz CT molecular complexity index is 705. The summed E-state index contributed by atoms with van der Waals surface area (Å²) in [6.45, 7) is 0. The second-order valence-corrected chi connectivity index (χ2v) is 6.33. The van der Waals surface area contributed by atoms with Crippen LogP contribution in [0.25, 0.3) is 0 Å². The van der Waals surface area contributed by atoms with Crippen LogP contribution in [-0.2, 0) is 20.8 Å². The van der Waals surface area contributed by atoms with Gasteiger partial charge in [0.05, 0.1) is 0 Å². The number of hydrogen-bond donors (Lipinski definition) is 0. The number of benzene rings is 2. The highest BCUT2D eigenvalue weighted by Gasteiger charge is 2.39. The molecular weight excluding hydrogens is 300 g/mol. The Hall–Kier alpha value is -2.55. The highest BCUT2D eigenvalue weighted by molar-refractivity contribution is 6.21. The summed E-state index contributed by atoms with van der Waals surface area (Å²) in [5.41, 5.74) is 2.04. The Morgan fingerprint density at radius 3 is 1.96 bits per heavy atom. The van der Waals surface area contributed by atoms with Crippen molar-refractivity contribution in [2.45, 2.75) is 31.6 Å². The molecule has 1 aliphatic rings. The third-order valence-electron chi connectivity index (χ3n) is 4.63. The van der Waals surface area contributed by atoms with Crippen molar-refractivity contribution in [1.82, 2.24) is 0 Å². The molecule has 2 aromatic carbocycles. The number of carbonyl (C=O) groups excluding carboxylic acids is 3. The fourth-order valence-electron chi connectivity index (χ4n) is 3.35. The molecule has 0 N–H and O–H groups in total. The fourth-order valence-corrected chi connectivity index (χ4v) is 3.35. The molecule has 2 aromatic rings. The van der Waals surface area contributed by atoms with Gasteiger partial charge in [-0.25, -0.2) is 0 Å². The van der Waals surface area contributed by atoms with Gasteiger partial charge in [0.2, 0.25) is 0 Å². The maximum absolute atomic E-state index is 12.4. The van der Waals surface area contributed by atoms with Gasteiger partial charge in [0, 0.05) is 19.3 Å². The maximum Gasteiger partial charge on any atom is 0.151 e. The van der Waals surface area contributed by atoms with Gasteiger partial charge in [0.1, 0.15) is 5.92 Å². The van der Waals surface area contributed by atoms with Crippen LogP contribution < -0.4 is 0 Å². The lowest BCUT2D eigenvalue weighted by molar-refractivity contribution is -0.142. The van der Waals surface area contributed by atoms with Crippen molar-refractivity contribution in [3.8, 4) is 0 Å². The predicted octanol–water partition coefficient (Wildman–Crippen LogP) is 3.52. The van der Waals surface area contributed by atoms with E-state index in [1.54, 1.807) is 0 Å². The van der Waals surface area contributed by atoms with E-state index in [9.17, 15) is 14.4 Å². The second-order valence-electron chi connectivity index (χ2n) is 6.33. The summed E-state index contributed by atoms with van der Waals surface area (Å²) in [7, 11) is 0. The summed E-state index contributed by atoms with van der Waals surface area (Å²) in [6, 6.07) is 19.2. The SMILES string of the molecule is O=C(CCc1ccccc1)C1C(=O)CC(c2ccccc2)CC1=O. The molecule has 0 amide bonds. The molecule has 1 saturated carbocycles. The van der Waals surface area contributed by atoms with Crippen molar-refractivity contribution < 1.29 is 14.4 Å². The number of ketones is 3. The summed E-state index contributed by atoms with van der Waals surface area (Å²) in [5, 5.41) is 0. The van der Waals surface area contributed by atoms with Crippen LogP contribution in [0, 0.1) is 5.92 Å². The molecule has 0 saturated heterocycles. The Morgan fingerprint density at radius 1 is 0.833 bits per heavy atom. The summed E-state index contributed by atoms with van der Waals surface area (Å²) in [4.78, 5) is 37.2. The molecular formula is C21H20O3. The molecule has 1 aliphatic carbocycles. The van der Waals surface area contributed by atoms with Gasteiger partial charge in [0.15, 0.2) is 17.3 Å². The van der Waals surface area contributed by atoms with E-state index in [0.29, 0.717) is 6.42 Å². The zero-order chi connectivity index (χ0) is 16.9. The van der Waals surface area contributed by atoms with Gasteiger partial charge < -0.3 is 0 Å². The van der Waals surface area contributed by atoms with E-state index in [4.69, 9.17) is 0 Å². The van der Waals surface area contributed by atoms with Crippen LogP contribution in [0.2, 0.25) is 0 Å². The van der Waals surface area contributed by atoms with Gasteiger partial charge in [-0.15, -0.1) is 0 Å². The molecule has 122 valence electrons. The molecule has 0 aliphatic heterocycles. The summed E-state index contributed by atoms with van der Waals surface area (Å²) >= 11 is 0. The summed E-state index contributed by atoms with van der Waals surface area (Å²) in [6.07, 6.45) is 1.36. The van der Waals surface area contributed by atoms with Crippen LogP contribution in [0.3, 0.4) is 0 Å². The molecule has 0 heterocycles. The van der Waals surface area contributed by atoms with Crippen LogP contribution in [0.1, 0.15) is 36.3 Å². The monoisotopic (exact) mass is 320 g/mol. The fraction of sp³-hybridized carbons (Fsp3) is 0.286. The lowest BCUT2D eigenvalue weighted by Gasteiger charge is -2.26. The number of aryl methyl sites for hydroxylation is 1. The summed E-state index contributed by atoms with van der Waals surface area (Å²) < 4.78 is 0. The minimum absolute atomic E-state index is 0.0932. The average molecular weight is 320 g/mol. The molecule has 3 heteroatoms. The van der Waals surface area contributed by atoms with Crippen molar-refractivity contribution in [2.24, 2.45) is 5.92 Å². The highest BCUT2D eigenvalue weighted by atomic mass is 16.2. The average Bonchev–Trinajstić information content (AvgIpc) is 2.61. The zero-order valence-corrected chi connectivity index (χ0v) is 13.5. The molecule has 0 unspecified atom stereocenters. The minimum atomic E-state index is -1.05. The van der Waals surface area contributed by atoms with E-state index in [-0.39, 0.29) is 42.5 Å². The molecule has 0 atom stereocenters. The van der Waals surface area contributed by atoms with Crippen LogP contribution in [-0.4, -0.2) is 17.3 Å². The van der Waals surface area contributed by atoms with E-state index in [1.165, 1.54) is 0 Å². The maximum atomic E-state index is 12.4. The second kappa shape index (κ2) is 7.35. The van der Waals surface area contributed by atoms with Crippen molar-refractivity contribution in [3.63, 3.8) is 0 Å². The molecule has 0 aromatic heterocycles. The number of hydrogen-bond acceptors (Lipinski definition) is 3. The topological polar surface area (TPSA) is 51.2 Å². The van der Waals surface area contributed by atoms with Crippen molar-refractivity contribution in [3.05, 3.63) is 71.8 Å². The lowest BCUT2D eigenvalue weighted by Crippen LogP contribution is -2.38. The third-order valence-corrected chi connectivity index (χ3v) is 4.63. The van der Waals surface area contributed by atoms with Crippen LogP contribution in [0.5, 0.6) is 0 Å².